The molecule has 1 amide bonds. The molecule has 3 rings (SSSR count). The van der Waals surface area contributed by atoms with Crippen molar-refractivity contribution in [2.45, 2.75) is 6.92 Å². The average Bonchev–Trinajstić information content (AvgIpc) is 2.92. The number of nitrogens with zero attached hydrogens (tertiary/aromatic N) is 1. The van der Waals surface area contributed by atoms with Gasteiger partial charge in [-0.15, -0.1) is 0 Å². The molecule has 5 heteroatoms. The Morgan fingerprint density at radius 1 is 1.11 bits per heavy atom. The monoisotopic (exact) mass is 363 g/mol. The van der Waals surface area contributed by atoms with Crippen LogP contribution < -0.4 is 4.74 Å². The van der Waals surface area contributed by atoms with E-state index in [9.17, 15) is 14.7 Å². The molecule has 5 nitrogen and oxygen atoms in total. The highest BCUT2D eigenvalue weighted by Crippen LogP contribution is 2.29. The van der Waals surface area contributed by atoms with Gasteiger partial charge in [-0.3, -0.25) is 9.59 Å². The normalized spacial score (nSPS) is 17.3. The Labute approximate surface area is 157 Å². The highest BCUT2D eigenvalue weighted by molar-refractivity contribution is 6.25. The van der Waals surface area contributed by atoms with E-state index in [0.717, 1.165) is 27.7 Å². The number of aliphatic hydroxyl groups is 1. The van der Waals surface area contributed by atoms with Crippen molar-refractivity contribution in [2.24, 2.45) is 0 Å². The number of ketones is 1. The van der Waals surface area contributed by atoms with E-state index in [4.69, 9.17) is 4.74 Å². The van der Waals surface area contributed by atoms with Crippen LogP contribution in [0, 0.1) is 0 Å². The maximum Gasteiger partial charge on any atom is 0.261 e. The third-order valence-electron chi connectivity index (χ3n) is 4.50. The molecule has 1 aliphatic heterocycles. The van der Waals surface area contributed by atoms with Crippen LogP contribution in [0.15, 0.2) is 65.5 Å². The van der Waals surface area contributed by atoms with E-state index in [0.29, 0.717) is 0 Å². The molecule has 1 heterocycles. The van der Waals surface area contributed by atoms with E-state index in [1.807, 2.05) is 49.4 Å². The van der Waals surface area contributed by atoms with Gasteiger partial charge in [-0.05, 0) is 30.0 Å². The summed E-state index contributed by atoms with van der Waals surface area (Å²) in [6.07, 6.45) is 5.04. The summed E-state index contributed by atoms with van der Waals surface area (Å²) >= 11 is 0. The van der Waals surface area contributed by atoms with E-state index < -0.39 is 5.91 Å². The smallest absolute Gasteiger partial charge is 0.261 e. The molecule has 138 valence electrons. The molecule has 27 heavy (non-hydrogen) atoms. The van der Waals surface area contributed by atoms with Gasteiger partial charge in [0.2, 0.25) is 0 Å². The van der Waals surface area contributed by atoms with Gasteiger partial charge in [-0.25, -0.2) is 0 Å². The number of rotatable bonds is 4. The lowest BCUT2D eigenvalue weighted by Gasteiger charge is -2.08. The lowest BCUT2D eigenvalue weighted by Crippen LogP contribution is -2.19. The largest absolute Gasteiger partial charge is 0.507 e. The maximum atomic E-state index is 11.9. The maximum absolute atomic E-state index is 11.9. The Morgan fingerprint density at radius 2 is 1.81 bits per heavy atom. The number of aliphatic hydroxyl groups excluding tert-OH is 1. The number of carbonyl (C=O) groups is 2. The van der Waals surface area contributed by atoms with Crippen LogP contribution in [0.2, 0.25) is 0 Å². The molecule has 0 saturated carbocycles. The van der Waals surface area contributed by atoms with Crippen LogP contribution in [0.25, 0.3) is 16.8 Å². The second-order valence-electron chi connectivity index (χ2n) is 6.47. The number of ether oxygens (including phenoxy) is 1. The zero-order valence-electron chi connectivity index (χ0n) is 15.5. The van der Waals surface area contributed by atoms with Gasteiger partial charge in [0.05, 0.1) is 13.7 Å². The predicted molar refractivity (Wildman–Crippen MR) is 106 cm³/mol. The van der Waals surface area contributed by atoms with Crippen molar-refractivity contribution in [3.63, 3.8) is 0 Å². The quantitative estimate of drug-likeness (QED) is 0.390. The van der Waals surface area contributed by atoms with Gasteiger partial charge in [0.15, 0.2) is 5.78 Å². The van der Waals surface area contributed by atoms with Crippen molar-refractivity contribution in [2.75, 3.05) is 20.7 Å². The summed E-state index contributed by atoms with van der Waals surface area (Å²) in [4.78, 5) is 25.1. The number of fused-ring (bicyclic) bond motifs is 1. The van der Waals surface area contributed by atoms with Crippen LogP contribution in [-0.2, 0) is 9.59 Å². The Bertz CT molecular complexity index is 1010. The topological polar surface area (TPSA) is 66.8 Å². The van der Waals surface area contributed by atoms with E-state index >= 15 is 0 Å². The summed E-state index contributed by atoms with van der Waals surface area (Å²) in [6, 6.07) is 11.8. The van der Waals surface area contributed by atoms with Crippen molar-refractivity contribution in [3.05, 3.63) is 71.0 Å². The molecule has 0 spiro atoms. The standard InChI is InChI=1S/C22H21NO4/c1-14(8-10-18(24)21-19(25)13-23(2)22(21)26)12-15-9-11-20(27-3)17-7-5-4-6-16(15)17/h4-12,24H,13H2,1-3H3/b10-8+,14-12+,21-18-. The van der Waals surface area contributed by atoms with Gasteiger partial charge in [-0.2, -0.15) is 0 Å². The fraction of sp³-hybridized carbons (Fsp3) is 0.182. The summed E-state index contributed by atoms with van der Waals surface area (Å²) < 4.78 is 5.41. The number of hydrogen-bond donors (Lipinski definition) is 1. The summed E-state index contributed by atoms with van der Waals surface area (Å²) in [5.41, 5.74) is 1.72. The molecule has 0 radical (unpaired) electrons. The second-order valence-corrected chi connectivity index (χ2v) is 6.47. The van der Waals surface area contributed by atoms with E-state index in [2.05, 4.69) is 0 Å². The average molecular weight is 363 g/mol. The number of likely N-dealkylation sites (tertiary alicyclic amines) is 1. The molecular weight excluding hydrogens is 342 g/mol. The zero-order chi connectivity index (χ0) is 19.6. The first kappa shape index (κ1) is 18.5. The minimum Gasteiger partial charge on any atom is -0.507 e. The molecule has 2 aromatic carbocycles. The molecule has 0 unspecified atom stereocenters. The number of likely N-dealkylation sites (N-methyl/N-ethyl adjacent to an activating group) is 1. The van der Waals surface area contributed by atoms with Crippen LogP contribution in [0.1, 0.15) is 12.5 Å². The van der Waals surface area contributed by atoms with Crippen LogP contribution in [0.4, 0.5) is 0 Å². The third kappa shape index (κ3) is 3.62. The van der Waals surface area contributed by atoms with E-state index in [-0.39, 0.29) is 23.7 Å². The first-order valence-corrected chi connectivity index (χ1v) is 8.56. The van der Waals surface area contributed by atoms with Crippen molar-refractivity contribution >= 4 is 28.5 Å². The number of Topliss-reactive ketones (excluding diaryl/α,β-unsaturated/α-hetero) is 1. The molecule has 1 fully saturated rings. The van der Waals surface area contributed by atoms with Gasteiger partial charge in [0, 0.05) is 12.4 Å². The molecule has 0 aromatic heterocycles. The Balaban J connectivity index is 1.93. The molecule has 1 saturated heterocycles. The summed E-state index contributed by atoms with van der Waals surface area (Å²) in [6.45, 7) is 1.89. The number of amides is 1. The van der Waals surface area contributed by atoms with Gasteiger partial charge in [0.25, 0.3) is 5.91 Å². The van der Waals surface area contributed by atoms with Crippen molar-refractivity contribution in [1.29, 1.82) is 0 Å². The van der Waals surface area contributed by atoms with Gasteiger partial charge < -0.3 is 14.7 Å². The van der Waals surface area contributed by atoms with Crippen molar-refractivity contribution < 1.29 is 19.4 Å². The van der Waals surface area contributed by atoms with Crippen molar-refractivity contribution in [3.8, 4) is 5.75 Å². The number of methoxy groups -OCH3 is 1. The predicted octanol–water partition coefficient (Wildman–Crippen LogP) is 3.66. The van der Waals surface area contributed by atoms with E-state index in [1.54, 1.807) is 13.2 Å². The molecule has 0 aliphatic carbocycles. The SMILES string of the molecule is COc1ccc(/C=C(C)/C=C/C(O)=C2\C(=O)CN(C)C2=O)c2ccccc12. The fourth-order valence-electron chi connectivity index (χ4n) is 3.11. The molecule has 1 aliphatic rings. The van der Waals surface area contributed by atoms with Gasteiger partial charge >= 0.3 is 0 Å². The molecule has 1 N–H and O–H groups in total. The van der Waals surface area contributed by atoms with Crippen LogP contribution in [0.3, 0.4) is 0 Å². The third-order valence-corrected chi connectivity index (χ3v) is 4.50. The minimum atomic E-state index is -0.454. The molecule has 0 bridgehead atoms. The van der Waals surface area contributed by atoms with Crippen LogP contribution >= 0.6 is 0 Å². The van der Waals surface area contributed by atoms with Crippen molar-refractivity contribution in [1.82, 2.24) is 4.90 Å². The number of benzene rings is 2. The Morgan fingerprint density at radius 3 is 2.44 bits per heavy atom. The summed E-state index contributed by atoms with van der Waals surface area (Å²) in [5.74, 6) is -0.320. The highest BCUT2D eigenvalue weighted by atomic mass is 16.5. The summed E-state index contributed by atoms with van der Waals surface area (Å²) in [5, 5.41) is 12.2. The lowest BCUT2D eigenvalue weighted by atomic mass is 10.0. The number of allylic oxidation sites excluding steroid dienone is 3. The van der Waals surface area contributed by atoms with Crippen LogP contribution in [0.5, 0.6) is 5.75 Å². The minimum absolute atomic E-state index is 0.00126. The first-order valence-electron chi connectivity index (χ1n) is 8.56. The lowest BCUT2D eigenvalue weighted by molar-refractivity contribution is -0.123. The highest BCUT2D eigenvalue weighted by Gasteiger charge is 2.33. The molecule has 2 aromatic rings. The molecular formula is C22H21NO4. The fourth-order valence-corrected chi connectivity index (χ4v) is 3.11. The first-order chi connectivity index (χ1) is 12.9. The Kier molecular flexibility index (Phi) is 5.12. The zero-order valence-corrected chi connectivity index (χ0v) is 15.5. The number of carbonyl (C=O) groups excluding carboxylic acids is 2. The van der Waals surface area contributed by atoms with Crippen LogP contribution in [-0.4, -0.2) is 42.4 Å². The number of hydrogen-bond acceptors (Lipinski definition) is 4. The molecule has 0 atom stereocenters. The summed E-state index contributed by atoms with van der Waals surface area (Å²) in [7, 11) is 3.18. The van der Waals surface area contributed by atoms with Gasteiger partial charge in [-0.1, -0.05) is 48.1 Å². The Hall–Kier alpha value is -3.34. The second kappa shape index (κ2) is 7.50. The van der Waals surface area contributed by atoms with Gasteiger partial charge in [0.1, 0.15) is 17.1 Å². The van der Waals surface area contributed by atoms with E-state index in [1.165, 1.54) is 18.0 Å².